The van der Waals surface area contributed by atoms with Crippen molar-refractivity contribution in [1.82, 2.24) is 9.88 Å². The largest absolute Gasteiger partial charge is 0.369 e. The van der Waals surface area contributed by atoms with Crippen LogP contribution in [0.3, 0.4) is 0 Å². The van der Waals surface area contributed by atoms with Gasteiger partial charge in [0.2, 0.25) is 11.6 Å². The Hall–Kier alpha value is -1.37. The molecule has 1 saturated heterocycles. The van der Waals surface area contributed by atoms with Crippen LogP contribution < -0.4 is 4.90 Å². The average Bonchev–Trinajstić information content (AvgIpc) is 2.36. The maximum absolute atomic E-state index is 13.6. The van der Waals surface area contributed by atoms with Gasteiger partial charge in [-0.15, -0.1) is 0 Å². The van der Waals surface area contributed by atoms with E-state index in [0.29, 0.717) is 6.54 Å². The van der Waals surface area contributed by atoms with Crippen molar-refractivity contribution >= 4 is 5.69 Å². The number of hydrogen-bond acceptors (Lipinski definition) is 3. The molecule has 1 aromatic heterocycles. The van der Waals surface area contributed by atoms with Crippen molar-refractivity contribution in [3.05, 3.63) is 23.5 Å². The molecule has 3 nitrogen and oxygen atoms in total. The Labute approximate surface area is 115 Å². The number of hydrogen-bond donors (Lipinski definition) is 0. The van der Waals surface area contributed by atoms with E-state index in [1.807, 2.05) is 7.05 Å². The normalized spacial score (nSPS) is 20.2. The van der Waals surface area contributed by atoms with Gasteiger partial charge < -0.3 is 9.80 Å². The molecule has 1 unspecified atom stereocenters. The minimum atomic E-state index is -1.62. The topological polar surface area (TPSA) is 19.4 Å². The summed E-state index contributed by atoms with van der Waals surface area (Å²) in [4.78, 5) is 5.91. The predicted molar refractivity (Wildman–Crippen MR) is 67.6 cm³/mol. The van der Waals surface area contributed by atoms with Crippen molar-refractivity contribution in [1.29, 1.82) is 0 Å². The molecule has 1 aliphatic rings. The van der Waals surface area contributed by atoms with Crippen LogP contribution in [0.5, 0.6) is 0 Å². The van der Waals surface area contributed by atoms with Gasteiger partial charge in [0.15, 0.2) is 0 Å². The predicted octanol–water partition coefficient (Wildman–Crippen LogP) is 2.42. The summed E-state index contributed by atoms with van der Waals surface area (Å²) >= 11 is 0. The molecule has 1 fully saturated rings. The first kappa shape index (κ1) is 15.0. The highest BCUT2D eigenvalue weighted by Crippen LogP contribution is 2.27. The van der Waals surface area contributed by atoms with Gasteiger partial charge in [-0.2, -0.15) is 22.5 Å². The summed E-state index contributed by atoms with van der Waals surface area (Å²) < 4.78 is 53.4. The van der Waals surface area contributed by atoms with Gasteiger partial charge in [-0.05, 0) is 32.4 Å². The van der Waals surface area contributed by atoms with Gasteiger partial charge in [0.25, 0.3) is 11.9 Å². The number of nitrogens with zero attached hydrogens (tertiary/aromatic N) is 3. The van der Waals surface area contributed by atoms with Gasteiger partial charge in [-0.3, -0.25) is 0 Å². The Morgan fingerprint density at radius 3 is 2.35 bits per heavy atom. The van der Waals surface area contributed by atoms with E-state index < -0.39 is 29.2 Å². The van der Waals surface area contributed by atoms with Crippen LogP contribution in [0.15, 0.2) is 0 Å². The molecule has 0 N–H and O–H groups in total. The summed E-state index contributed by atoms with van der Waals surface area (Å²) in [5.74, 6) is -5.93. The van der Waals surface area contributed by atoms with E-state index in [1.165, 1.54) is 11.9 Å². The Kier molecular flexibility index (Phi) is 4.47. The zero-order valence-corrected chi connectivity index (χ0v) is 11.5. The number of likely N-dealkylation sites (tertiary alicyclic amines) is 1. The van der Waals surface area contributed by atoms with Crippen molar-refractivity contribution < 1.29 is 17.6 Å². The molecule has 0 bridgehead atoms. The molecule has 112 valence electrons. The summed E-state index contributed by atoms with van der Waals surface area (Å²) in [6.45, 7) is 2.12. The van der Waals surface area contributed by atoms with E-state index in [9.17, 15) is 17.6 Å². The monoisotopic (exact) mass is 291 g/mol. The molecule has 2 rings (SSSR count). The van der Waals surface area contributed by atoms with Crippen LogP contribution in [0.25, 0.3) is 0 Å². The van der Waals surface area contributed by atoms with E-state index in [2.05, 4.69) is 9.88 Å². The third-order valence-corrected chi connectivity index (χ3v) is 3.61. The fourth-order valence-electron chi connectivity index (χ4n) is 2.71. The maximum Gasteiger partial charge on any atom is 0.253 e. The third kappa shape index (κ3) is 3.03. The van der Waals surface area contributed by atoms with Crippen LogP contribution in [-0.4, -0.2) is 43.6 Å². The van der Waals surface area contributed by atoms with E-state index in [4.69, 9.17) is 0 Å². The van der Waals surface area contributed by atoms with Crippen molar-refractivity contribution in [3.63, 3.8) is 0 Å². The number of rotatable bonds is 3. The molecule has 0 aromatic carbocycles. The van der Waals surface area contributed by atoms with Crippen LogP contribution in [0, 0.1) is 29.4 Å². The number of halogens is 4. The van der Waals surface area contributed by atoms with Gasteiger partial charge in [-0.25, -0.2) is 0 Å². The van der Waals surface area contributed by atoms with Gasteiger partial charge in [-0.1, -0.05) is 0 Å². The second-order valence-electron chi connectivity index (χ2n) is 5.32. The minimum absolute atomic E-state index is 0.205. The van der Waals surface area contributed by atoms with Crippen LogP contribution in [0.2, 0.25) is 0 Å². The first-order chi connectivity index (χ1) is 9.40. The highest BCUT2D eigenvalue weighted by molar-refractivity contribution is 5.47. The fourth-order valence-corrected chi connectivity index (χ4v) is 2.71. The highest BCUT2D eigenvalue weighted by atomic mass is 19.2. The van der Waals surface area contributed by atoms with E-state index in [-0.39, 0.29) is 5.92 Å². The SMILES string of the molecule is CN1CCCC(CN(C)c2c(F)c(F)nc(F)c2F)C1. The van der Waals surface area contributed by atoms with E-state index >= 15 is 0 Å². The molecule has 2 heterocycles. The molecule has 0 saturated carbocycles. The smallest absolute Gasteiger partial charge is 0.253 e. The lowest BCUT2D eigenvalue weighted by atomic mass is 9.98. The molecule has 7 heteroatoms. The second kappa shape index (κ2) is 5.95. The summed E-state index contributed by atoms with van der Waals surface area (Å²) in [5, 5.41) is 0. The zero-order valence-electron chi connectivity index (χ0n) is 11.5. The molecule has 1 atom stereocenters. The summed E-state index contributed by atoms with van der Waals surface area (Å²) in [7, 11) is 3.40. The molecule has 1 aliphatic heterocycles. The first-order valence-corrected chi connectivity index (χ1v) is 6.49. The lowest BCUT2D eigenvalue weighted by molar-refractivity contribution is 0.212. The van der Waals surface area contributed by atoms with Gasteiger partial charge in [0, 0.05) is 20.1 Å². The molecular formula is C13H17F4N3. The van der Waals surface area contributed by atoms with Crippen LogP contribution in [0.1, 0.15) is 12.8 Å². The molecule has 0 radical (unpaired) electrons. The summed E-state index contributed by atoms with van der Waals surface area (Å²) in [5.41, 5.74) is -0.691. The van der Waals surface area contributed by atoms with Gasteiger partial charge >= 0.3 is 0 Å². The van der Waals surface area contributed by atoms with Crippen molar-refractivity contribution in [3.8, 4) is 0 Å². The number of pyridine rings is 1. The number of anilines is 1. The van der Waals surface area contributed by atoms with E-state index in [0.717, 1.165) is 25.9 Å². The quantitative estimate of drug-likeness (QED) is 0.630. The lowest BCUT2D eigenvalue weighted by Crippen LogP contribution is -2.38. The average molecular weight is 291 g/mol. The Bertz CT molecular complexity index is 469. The maximum atomic E-state index is 13.6. The van der Waals surface area contributed by atoms with Gasteiger partial charge in [0.1, 0.15) is 5.69 Å². The molecule has 0 aliphatic carbocycles. The lowest BCUT2D eigenvalue weighted by Gasteiger charge is -2.33. The van der Waals surface area contributed by atoms with Crippen LogP contribution in [-0.2, 0) is 0 Å². The van der Waals surface area contributed by atoms with Crippen LogP contribution >= 0.6 is 0 Å². The Morgan fingerprint density at radius 1 is 1.20 bits per heavy atom. The Morgan fingerprint density at radius 2 is 1.80 bits per heavy atom. The third-order valence-electron chi connectivity index (χ3n) is 3.61. The summed E-state index contributed by atoms with van der Waals surface area (Å²) in [6, 6.07) is 0. The minimum Gasteiger partial charge on any atom is -0.369 e. The summed E-state index contributed by atoms with van der Waals surface area (Å²) in [6.07, 6.45) is 1.92. The zero-order chi connectivity index (χ0) is 14.9. The Balaban J connectivity index is 2.18. The van der Waals surface area contributed by atoms with Gasteiger partial charge in [0.05, 0.1) is 0 Å². The van der Waals surface area contributed by atoms with E-state index in [1.54, 1.807) is 0 Å². The molecule has 1 aromatic rings. The van der Waals surface area contributed by atoms with Crippen molar-refractivity contribution in [2.24, 2.45) is 5.92 Å². The van der Waals surface area contributed by atoms with Crippen LogP contribution in [0.4, 0.5) is 23.2 Å². The molecular weight excluding hydrogens is 274 g/mol. The first-order valence-electron chi connectivity index (χ1n) is 6.49. The highest BCUT2D eigenvalue weighted by Gasteiger charge is 2.26. The number of aromatic nitrogens is 1. The fraction of sp³-hybridized carbons (Fsp3) is 0.615. The molecule has 0 spiro atoms. The standard InChI is InChI=1S/C13H17F4N3/c1-19-5-3-4-8(6-19)7-20(2)11-9(14)12(16)18-13(17)10(11)15/h8H,3-7H2,1-2H3. The molecule has 0 amide bonds. The number of piperidine rings is 1. The van der Waals surface area contributed by atoms with Crippen molar-refractivity contribution in [2.75, 3.05) is 38.6 Å². The van der Waals surface area contributed by atoms with Crippen molar-refractivity contribution in [2.45, 2.75) is 12.8 Å². The molecule has 20 heavy (non-hydrogen) atoms. The second-order valence-corrected chi connectivity index (χ2v) is 5.32.